The lowest BCUT2D eigenvalue weighted by Crippen LogP contribution is -2.38. The molecule has 0 aliphatic carbocycles. The highest BCUT2D eigenvalue weighted by molar-refractivity contribution is 8.00. The van der Waals surface area contributed by atoms with E-state index in [0.717, 1.165) is 13.1 Å². The molecule has 1 fully saturated rings. The van der Waals surface area contributed by atoms with E-state index in [2.05, 4.69) is 18.7 Å². The number of piperidine rings is 1. The highest BCUT2D eigenvalue weighted by atomic mass is 32.2. The lowest BCUT2D eigenvalue weighted by molar-refractivity contribution is -0.137. The van der Waals surface area contributed by atoms with Crippen molar-refractivity contribution >= 4 is 17.7 Å². The van der Waals surface area contributed by atoms with Gasteiger partial charge in [-0.15, -0.1) is 0 Å². The zero-order valence-corrected chi connectivity index (χ0v) is 10.4. The Morgan fingerprint density at radius 2 is 2.33 bits per heavy atom. The van der Waals surface area contributed by atoms with Crippen molar-refractivity contribution in [2.24, 2.45) is 0 Å². The summed E-state index contributed by atoms with van der Waals surface area (Å²) in [6, 6.07) is 0. The number of hydrogen-bond donors (Lipinski definition) is 1. The first kappa shape index (κ1) is 12.8. The van der Waals surface area contributed by atoms with Crippen molar-refractivity contribution < 1.29 is 9.90 Å². The van der Waals surface area contributed by atoms with Crippen LogP contribution in [0.3, 0.4) is 0 Å². The number of carboxylic acid groups (broad SMARTS) is 1. The van der Waals surface area contributed by atoms with Crippen LogP contribution in [0.5, 0.6) is 0 Å². The molecular weight excluding hydrogens is 210 g/mol. The Hall–Kier alpha value is -0.220. The van der Waals surface area contributed by atoms with Gasteiger partial charge in [0.2, 0.25) is 0 Å². The Kier molecular flexibility index (Phi) is 5.47. The SMILES string of the molecule is CC(C)SC1CCCN(CCC(=O)O)C1. The van der Waals surface area contributed by atoms with Crippen molar-refractivity contribution in [2.45, 2.75) is 43.6 Å². The van der Waals surface area contributed by atoms with Gasteiger partial charge in [0.25, 0.3) is 0 Å². The third kappa shape index (κ3) is 5.42. The van der Waals surface area contributed by atoms with Crippen molar-refractivity contribution in [2.75, 3.05) is 19.6 Å². The molecule has 0 aromatic heterocycles. The van der Waals surface area contributed by atoms with Gasteiger partial charge < -0.3 is 10.0 Å². The molecule has 1 heterocycles. The van der Waals surface area contributed by atoms with E-state index in [9.17, 15) is 4.79 Å². The number of hydrogen-bond acceptors (Lipinski definition) is 3. The molecule has 1 saturated heterocycles. The second kappa shape index (κ2) is 6.38. The van der Waals surface area contributed by atoms with Crippen LogP contribution in [-0.4, -0.2) is 46.1 Å². The van der Waals surface area contributed by atoms with Gasteiger partial charge in [-0.1, -0.05) is 13.8 Å². The zero-order chi connectivity index (χ0) is 11.3. The van der Waals surface area contributed by atoms with Crippen LogP contribution >= 0.6 is 11.8 Å². The van der Waals surface area contributed by atoms with Crippen LogP contribution < -0.4 is 0 Å². The smallest absolute Gasteiger partial charge is 0.304 e. The third-order valence-electron chi connectivity index (χ3n) is 2.57. The molecule has 0 aromatic rings. The Bertz CT molecular complexity index is 209. The second-order valence-corrected chi connectivity index (χ2v) is 6.28. The predicted molar refractivity (Wildman–Crippen MR) is 64.4 cm³/mol. The molecule has 1 rings (SSSR count). The van der Waals surface area contributed by atoms with Crippen LogP contribution in [0.1, 0.15) is 33.1 Å². The van der Waals surface area contributed by atoms with Crippen LogP contribution in [-0.2, 0) is 4.79 Å². The molecule has 0 radical (unpaired) electrons. The molecule has 0 aromatic carbocycles. The molecule has 1 aliphatic rings. The van der Waals surface area contributed by atoms with Crippen LogP contribution in [0.2, 0.25) is 0 Å². The third-order valence-corrected chi connectivity index (χ3v) is 3.88. The number of carboxylic acids is 1. The number of nitrogens with zero attached hydrogens (tertiary/aromatic N) is 1. The van der Waals surface area contributed by atoms with E-state index < -0.39 is 5.97 Å². The molecule has 0 saturated carbocycles. The lowest BCUT2D eigenvalue weighted by atomic mass is 10.1. The monoisotopic (exact) mass is 231 g/mol. The van der Waals surface area contributed by atoms with Gasteiger partial charge in [-0.25, -0.2) is 0 Å². The Morgan fingerprint density at radius 1 is 1.60 bits per heavy atom. The van der Waals surface area contributed by atoms with Crippen molar-refractivity contribution in [1.29, 1.82) is 0 Å². The van der Waals surface area contributed by atoms with E-state index in [0.29, 0.717) is 17.0 Å². The van der Waals surface area contributed by atoms with Crippen LogP contribution in [0.25, 0.3) is 0 Å². The fourth-order valence-electron chi connectivity index (χ4n) is 1.97. The molecule has 3 nitrogen and oxygen atoms in total. The van der Waals surface area contributed by atoms with Gasteiger partial charge in [-0.3, -0.25) is 4.79 Å². The molecule has 15 heavy (non-hydrogen) atoms. The van der Waals surface area contributed by atoms with Gasteiger partial charge in [0.15, 0.2) is 0 Å². The minimum Gasteiger partial charge on any atom is -0.481 e. The minimum atomic E-state index is -0.686. The summed E-state index contributed by atoms with van der Waals surface area (Å²) < 4.78 is 0. The summed E-state index contributed by atoms with van der Waals surface area (Å²) in [7, 11) is 0. The number of aliphatic carboxylic acids is 1. The molecule has 1 atom stereocenters. The number of carbonyl (C=O) groups is 1. The molecule has 1 N–H and O–H groups in total. The maximum atomic E-state index is 10.5. The Labute approximate surface area is 96.2 Å². The summed E-state index contributed by atoms with van der Waals surface area (Å²) in [6.45, 7) is 7.30. The lowest BCUT2D eigenvalue weighted by Gasteiger charge is -2.32. The summed E-state index contributed by atoms with van der Waals surface area (Å²) in [5, 5.41) is 10.0. The topological polar surface area (TPSA) is 40.5 Å². The van der Waals surface area contributed by atoms with E-state index in [1.807, 2.05) is 11.8 Å². The number of thioether (sulfide) groups is 1. The van der Waals surface area contributed by atoms with Crippen molar-refractivity contribution in [3.05, 3.63) is 0 Å². The summed E-state index contributed by atoms with van der Waals surface area (Å²) >= 11 is 2.02. The van der Waals surface area contributed by atoms with Gasteiger partial charge in [0.05, 0.1) is 6.42 Å². The van der Waals surface area contributed by atoms with Crippen molar-refractivity contribution in [3.63, 3.8) is 0 Å². The maximum Gasteiger partial charge on any atom is 0.304 e. The normalized spacial score (nSPS) is 23.3. The average Bonchev–Trinajstić information content (AvgIpc) is 2.14. The molecule has 0 spiro atoms. The first-order valence-corrected chi connectivity index (χ1v) is 6.62. The van der Waals surface area contributed by atoms with Crippen molar-refractivity contribution in [1.82, 2.24) is 4.90 Å². The second-order valence-electron chi connectivity index (χ2n) is 4.39. The summed E-state index contributed by atoms with van der Waals surface area (Å²) in [5.74, 6) is -0.686. The van der Waals surface area contributed by atoms with Crippen molar-refractivity contribution in [3.8, 4) is 0 Å². The standard InChI is InChI=1S/C11H21NO2S/c1-9(2)15-10-4-3-6-12(8-10)7-5-11(13)14/h9-10H,3-8H2,1-2H3,(H,13,14). The molecule has 0 amide bonds. The fourth-order valence-corrected chi connectivity index (χ4v) is 3.34. The molecule has 1 unspecified atom stereocenters. The summed E-state index contributed by atoms with van der Waals surface area (Å²) in [6.07, 6.45) is 2.77. The van der Waals surface area contributed by atoms with E-state index in [-0.39, 0.29) is 6.42 Å². The van der Waals surface area contributed by atoms with Gasteiger partial charge in [-0.05, 0) is 24.6 Å². The summed E-state index contributed by atoms with van der Waals surface area (Å²) in [4.78, 5) is 12.8. The highest BCUT2D eigenvalue weighted by Crippen LogP contribution is 2.25. The quantitative estimate of drug-likeness (QED) is 0.786. The number of rotatable bonds is 5. The molecular formula is C11H21NO2S. The highest BCUT2D eigenvalue weighted by Gasteiger charge is 2.21. The summed E-state index contributed by atoms with van der Waals surface area (Å²) in [5.41, 5.74) is 0. The zero-order valence-electron chi connectivity index (χ0n) is 9.61. The van der Waals surface area contributed by atoms with E-state index in [1.165, 1.54) is 12.8 Å². The van der Waals surface area contributed by atoms with Crippen LogP contribution in [0, 0.1) is 0 Å². The van der Waals surface area contributed by atoms with Gasteiger partial charge >= 0.3 is 5.97 Å². The first-order valence-electron chi connectivity index (χ1n) is 5.67. The average molecular weight is 231 g/mol. The Morgan fingerprint density at radius 3 is 2.93 bits per heavy atom. The number of likely N-dealkylation sites (tertiary alicyclic amines) is 1. The fraction of sp³-hybridized carbons (Fsp3) is 0.909. The predicted octanol–water partition coefficient (Wildman–Crippen LogP) is 2.07. The molecule has 4 heteroatoms. The van der Waals surface area contributed by atoms with Crippen LogP contribution in [0.4, 0.5) is 0 Å². The molecule has 1 aliphatic heterocycles. The van der Waals surface area contributed by atoms with Gasteiger partial charge in [-0.2, -0.15) is 11.8 Å². The molecule has 0 bridgehead atoms. The maximum absolute atomic E-state index is 10.5. The van der Waals surface area contributed by atoms with Gasteiger partial charge in [0, 0.05) is 18.3 Å². The van der Waals surface area contributed by atoms with Crippen LogP contribution in [0.15, 0.2) is 0 Å². The Balaban J connectivity index is 2.25. The van der Waals surface area contributed by atoms with E-state index in [4.69, 9.17) is 5.11 Å². The van der Waals surface area contributed by atoms with Gasteiger partial charge in [0.1, 0.15) is 0 Å². The minimum absolute atomic E-state index is 0.277. The molecule has 88 valence electrons. The van der Waals surface area contributed by atoms with E-state index >= 15 is 0 Å². The van der Waals surface area contributed by atoms with E-state index in [1.54, 1.807) is 0 Å². The largest absolute Gasteiger partial charge is 0.481 e. The first-order chi connectivity index (χ1) is 7.08.